The van der Waals surface area contributed by atoms with Gasteiger partial charge in [-0.1, -0.05) is 37.3 Å². The molecule has 0 unspecified atom stereocenters. The van der Waals surface area contributed by atoms with Crippen molar-refractivity contribution in [3.05, 3.63) is 52.0 Å². The number of nitrogens with one attached hydrogen (secondary N) is 2. The molecule has 2 heterocycles. The summed E-state index contributed by atoms with van der Waals surface area (Å²) in [5.74, 6) is 0.886. The lowest BCUT2D eigenvalue weighted by atomic mass is 9.74. The van der Waals surface area contributed by atoms with Crippen LogP contribution in [0, 0.1) is 0 Å². The molecule has 1 aromatic carbocycles. The average molecular weight is 401 g/mol. The SMILES string of the molecule is CCNC(=NCC1(c2ccccc2)CCOCC1)NCCc1ncc(CC)s1. The molecule has 28 heavy (non-hydrogen) atoms. The first kappa shape index (κ1) is 20.8. The molecule has 0 atom stereocenters. The van der Waals surface area contributed by atoms with E-state index in [9.17, 15) is 0 Å². The molecule has 5 nitrogen and oxygen atoms in total. The minimum atomic E-state index is 0.0627. The molecule has 3 rings (SSSR count). The van der Waals surface area contributed by atoms with Crippen LogP contribution in [0.15, 0.2) is 41.5 Å². The fourth-order valence-corrected chi connectivity index (χ4v) is 4.44. The number of aliphatic imine (C=N–C) groups is 1. The highest BCUT2D eigenvalue weighted by Gasteiger charge is 2.34. The molecule has 1 fully saturated rings. The van der Waals surface area contributed by atoms with Crippen molar-refractivity contribution in [1.82, 2.24) is 15.6 Å². The second-order valence-corrected chi connectivity index (χ2v) is 8.40. The third-order valence-electron chi connectivity index (χ3n) is 5.30. The lowest BCUT2D eigenvalue weighted by Crippen LogP contribution is -2.41. The Kier molecular flexibility index (Phi) is 7.86. The van der Waals surface area contributed by atoms with Crippen LogP contribution in [-0.4, -0.2) is 43.8 Å². The summed E-state index contributed by atoms with van der Waals surface area (Å²) in [6.45, 7) is 8.34. The van der Waals surface area contributed by atoms with Crippen molar-refractivity contribution in [1.29, 1.82) is 0 Å². The molecule has 1 aromatic heterocycles. The van der Waals surface area contributed by atoms with Crippen LogP contribution in [0.2, 0.25) is 0 Å². The molecular weight excluding hydrogens is 368 g/mol. The van der Waals surface area contributed by atoms with E-state index in [1.165, 1.54) is 15.4 Å². The maximum absolute atomic E-state index is 5.64. The summed E-state index contributed by atoms with van der Waals surface area (Å²) >= 11 is 1.81. The highest BCUT2D eigenvalue weighted by molar-refractivity contribution is 7.11. The van der Waals surface area contributed by atoms with Crippen molar-refractivity contribution < 1.29 is 4.74 Å². The minimum Gasteiger partial charge on any atom is -0.381 e. The van der Waals surface area contributed by atoms with Crippen LogP contribution in [0.3, 0.4) is 0 Å². The topological polar surface area (TPSA) is 58.5 Å². The van der Waals surface area contributed by atoms with E-state index < -0.39 is 0 Å². The van der Waals surface area contributed by atoms with Crippen molar-refractivity contribution in [2.45, 2.75) is 44.9 Å². The van der Waals surface area contributed by atoms with Crippen molar-refractivity contribution in [3.8, 4) is 0 Å². The van der Waals surface area contributed by atoms with Crippen LogP contribution in [-0.2, 0) is 23.0 Å². The molecule has 1 saturated heterocycles. The van der Waals surface area contributed by atoms with Crippen molar-refractivity contribution >= 4 is 17.3 Å². The number of hydrogen-bond acceptors (Lipinski definition) is 4. The Balaban J connectivity index is 1.64. The second-order valence-electron chi connectivity index (χ2n) is 7.20. The van der Waals surface area contributed by atoms with E-state index in [-0.39, 0.29) is 5.41 Å². The van der Waals surface area contributed by atoms with Gasteiger partial charge in [0.1, 0.15) is 0 Å². The molecule has 6 heteroatoms. The van der Waals surface area contributed by atoms with Crippen LogP contribution >= 0.6 is 11.3 Å². The molecular formula is C22H32N4OS. The first-order valence-electron chi connectivity index (χ1n) is 10.3. The Bertz CT molecular complexity index is 738. The zero-order chi connectivity index (χ0) is 19.7. The van der Waals surface area contributed by atoms with Gasteiger partial charge in [0.25, 0.3) is 0 Å². The standard InChI is InChI=1S/C22H32N4OS/c1-3-19-16-25-20(28-19)10-13-24-21(23-4-2)26-17-22(11-14-27-15-12-22)18-8-6-5-7-9-18/h5-9,16H,3-4,10-15,17H2,1-2H3,(H2,23,24,26). The van der Waals surface area contributed by atoms with Crippen molar-refractivity contribution in [2.24, 2.45) is 4.99 Å². The van der Waals surface area contributed by atoms with Gasteiger partial charge in [-0.2, -0.15) is 0 Å². The van der Waals surface area contributed by atoms with Gasteiger partial charge in [0, 0.05) is 49.2 Å². The Morgan fingerprint density at radius 2 is 1.96 bits per heavy atom. The zero-order valence-electron chi connectivity index (χ0n) is 17.0. The van der Waals surface area contributed by atoms with Gasteiger partial charge in [0.2, 0.25) is 0 Å². The van der Waals surface area contributed by atoms with E-state index in [2.05, 4.69) is 59.8 Å². The van der Waals surface area contributed by atoms with Crippen LogP contribution < -0.4 is 10.6 Å². The fraction of sp³-hybridized carbons (Fsp3) is 0.545. The highest BCUT2D eigenvalue weighted by atomic mass is 32.1. The van der Waals surface area contributed by atoms with E-state index >= 15 is 0 Å². The summed E-state index contributed by atoms with van der Waals surface area (Å²) in [4.78, 5) is 10.8. The van der Waals surface area contributed by atoms with Gasteiger partial charge in [-0.25, -0.2) is 4.98 Å². The second kappa shape index (κ2) is 10.6. The predicted molar refractivity (Wildman–Crippen MR) is 117 cm³/mol. The van der Waals surface area contributed by atoms with Gasteiger partial charge < -0.3 is 15.4 Å². The number of aromatic nitrogens is 1. The van der Waals surface area contributed by atoms with E-state index in [4.69, 9.17) is 9.73 Å². The monoisotopic (exact) mass is 400 g/mol. The smallest absolute Gasteiger partial charge is 0.191 e. The maximum atomic E-state index is 5.64. The molecule has 0 radical (unpaired) electrons. The molecule has 0 bridgehead atoms. The Morgan fingerprint density at radius 3 is 2.64 bits per heavy atom. The first-order chi connectivity index (χ1) is 13.8. The van der Waals surface area contributed by atoms with Crippen molar-refractivity contribution in [3.63, 3.8) is 0 Å². The number of nitrogens with zero attached hydrogens (tertiary/aromatic N) is 2. The van der Waals surface area contributed by atoms with E-state index in [1.54, 1.807) is 11.3 Å². The van der Waals surface area contributed by atoms with Crippen LogP contribution in [0.5, 0.6) is 0 Å². The van der Waals surface area contributed by atoms with E-state index in [1.807, 2.05) is 6.20 Å². The molecule has 2 aromatic rings. The van der Waals surface area contributed by atoms with Crippen LogP contribution in [0.1, 0.15) is 42.1 Å². The van der Waals surface area contributed by atoms with Gasteiger partial charge >= 0.3 is 0 Å². The van der Waals surface area contributed by atoms with Crippen molar-refractivity contribution in [2.75, 3.05) is 32.8 Å². The lowest BCUT2D eigenvalue weighted by Gasteiger charge is -2.36. The highest BCUT2D eigenvalue weighted by Crippen LogP contribution is 2.35. The summed E-state index contributed by atoms with van der Waals surface area (Å²) in [5, 5.41) is 8.05. The lowest BCUT2D eigenvalue weighted by molar-refractivity contribution is 0.0531. The molecule has 152 valence electrons. The normalized spacial score (nSPS) is 16.7. The Labute approximate surface area is 172 Å². The summed E-state index contributed by atoms with van der Waals surface area (Å²) in [6, 6.07) is 10.8. The number of ether oxygens (including phenoxy) is 1. The van der Waals surface area contributed by atoms with Gasteiger partial charge in [-0.3, -0.25) is 4.99 Å². The van der Waals surface area contributed by atoms with Crippen LogP contribution in [0.25, 0.3) is 0 Å². The maximum Gasteiger partial charge on any atom is 0.191 e. The molecule has 0 saturated carbocycles. The number of guanidine groups is 1. The number of thiazole rings is 1. The largest absolute Gasteiger partial charge is 0.381 e. The third kappa shape index (κ3) is 5.55. The summed E-state index contributed by atoms with van der Waals surface area (Å²) < 4.78 is 5.64. The van der Waals surface area contributed by atoms with E-state index in [0.29, 0.717) is 0 Å². The quantitative estimate of drug-likeness (QED) is 0.526. The molecule has 1 aliphatic rings. The van der Waals surface area contributed by atoms with Gasteiger partial charge in [0.05, 0.1) is 11.6 Å². The van der Waals surface area contributed by atoms with Gasteiger partial charge in [-0.15, -0.1) is 11.3 Å². The number of aryl methyl sites for hydroxylation is 1. The predicted octanol–water partition coefficient (Wildman–Crippen LogP) is 3.55. The third-order valence-corrected chi connectivity index (χ3v) is 6.50. The van der Waals surface area contributed by atoms with Gasteiger partial charge in [0.15, 0.2) is 5.96 Å². The Hall–Kier alpha value is -1.92. The summed E-state index contributed by atoms with van der Waals surface area (Å²) in [7, 11) is 0. The Morgan fingerprint density at radius 1 is 1.18 bits per heavy atom. The molecule has 0 aliphatic carbocycles. The number of hydrogen-bond donors (Lipinski definition) is 2. The number of rotatable bonds is 8. The first-order valence-corrected chi connectivity index (χ1v) is 11.2. The molecule has 2 N–H and O–H groups in total. The number of benzene rings is 1. The molecule has 0 spiro atoms. The minimum absolute atomic E-state index is 0.0627. The molecule has 1 aliphatic heterocycles. The van der Waals surface area contributed by atoms with Gasteiger partial charge in [-0.05, 0) is 31.7 Å². The summed E-state index contributed by atoms with van der Waals surface area (Å²) in [6.07, 6.45) is 6.00. The fourth-order valence-electron chi connectivity index (χ4n) is 3.58. The summed E-state index contributed by atoms with van der Waals surface area (Å²) in [5.41, 5.74) is 1.43. The van der Waals surface area contributed by atoms with E-state index in [0.717, 1.165) is 64.5 Å². The molecule has 0 amide bonds. The van der Waals surface area contributed by atoms with Crippen LogP contribution in [0.4, 0.5) is 0 Å². The zero-order valence-corrected chi connectivity index (χ0v) is 17.9. The average Bonchev–Trinajstić information content (AvgIpc) is 3.21.